The maximum Gasteiger partial charge on any atom is 0.237 e. The smallest absolute Gasteiger partial charge is 0.237 e. The lowest BCUT2D eigenvalue weighted by Gasteiger charge is -2.10. The Kier molecular flexibility index (Phi) is 5.72. The van der Waals surface area contributed by atoms with Crippen LogP contribution in [0.1, 0.15) is 18.9 Å². The highest BCUT2D eigenvalue weighted by Crippen LogP contribution is 2.16. The van der Waals surface area contributed by atoms with E-state index in [9.17, 15) is 4.79 Å². The van der Waals surface area contributed by atoms with Gasteiger partial charge in [0.25, 0.3) is 0 Å². The zero-order valence-corrected chi connectivity index (χ0v) is 10.8. The standard InChI is InChI=1S/C14H18N2O2/c1-3-7-16-14(17)12(10-15)8-11-5-4-6-13(9-11)18-2/h4-6,9,12H,3,7-8H2,1-2H3,(H,16,17). The summed E-state index contributed by atoms with van der Waals surface area (Å²) >= 11 is 0. The van der Waals surface area contributed by atoms with Crippen molar-refractivity contribution < 1.29 is 9.53 Å². The van der Waals surface area contributed by atoms with Crippen LogP contribution in [0.2, 0.25) is 0 Å². The second-order valence-electron chi connectivity index (χ2n) is 4.03. The van der Waals surface area contributed by atoms with Gasteiger partial charge in [-0.3, -0.25) is 4.79 Å². The minimum Gasteiger partial charge on any atom is -0.497 e. The first-order chi connectivity index (χ1) is 8.71. The van der Waals surface area contributed by atoms with Crippen LogP contribution in [0.5, 0.6) is 5.75 Å². The van der Waals surface area contributed by atoms with Crippen molar-refractivity contribution in [3.8, 4) is 11.8 Å². The fraction of sp³-hybridized carbons (Fsp3) is 0.429. The fourth-order valence-corrected chi connectivity index (χ4v) is 1.60. The van der Waals surface area contributed by atoms with Crippen molar-refractivity contribution in [3.63, 3.8) is 0 Å². The number of nitrogens with one attached hydrogen (secondary N) is 1. The molecule has 1 N–H and O–H groups in total. The van der Waals surface area contributed by atoms with E-state index in [0.29, 0.717) is 13.0 Å². The molecule has 0 aliphatic heterocycles. The summed E-state index contributed by atoms with van der Waals surface area (Å²) in [5, 5.41) is 11.8. The molecule has 1 aromatic rings. The summed E-state index contributed by atoms with van der Waals surface area (Å²) in [6, 6.07) is 9.47. The summed E-state index contributed by atoms with van der Waals surface area (Å²) in [4.78, 5) is 11.7. The van der Waals surface area contributed by atoms with E-state index >= 15 is 0 Å². The highest BCUT2D eigenvalue weighted by Gasteiger charge is 2.17. The molecule has 0 bridgehead atoms. The molecule has 1 rings (SSSR count). The molecule has 0 aliphatic carbocycles. The van der Waals surface area contributed by atoms with Crippen LogP contribution in [0.4, 0.5) is 0 Å². The predicted molar refractivity (Wildman–Crippen MR) is 69.1 cm³/mol. The molecule has 1 atom stereocenters. The molecule has 0 aromatic heterocycles. The van der Waals surface area contributed by atoms with Crippen LogP contribution in [-0.4, -0.2) is 19.6 Å². The number of hydrogen-bond donors (Lipinski definition) is 1. The van der Waals surface area contributed by atoms with Crippen LogP contribution in [0, 0.1) is 17.2 Å². The van der Waals surface area contributed by atoms with Crippen LogP contribution >= 0.6 is 0 Å². The second kappa shape index (κ2) is 7.33. The minimum absolute atomic E-state index is 0.206. The molecule has 0 saturated heterocycles. The van der Waals surface area contributed by atoms with E-state index in [4.69, 9.17) is 10.00 Å². The van der Waals surface area contributed by atoms with E-state index in [1.54, 1.807) is 7.11 Å². The maximum atomic E-state index is 11.7. The van der Waals surface area contributed by atoms with E-state index in [0.717, 1.165) is 17.7 Å². The second-order valence-corrected chi connectivity index (χ2v) is 4.03. The first-order valence-electron chi connectivity index (χ1n) is 6.01. The molecule has 1 aromatic carbocycles. The average molecular weight is 246 g/mol. The van der Waals surface area contributed by atoms with Gasteiger partial charge in [-0.2, -0.15) is 5.26 Å². The number of ether oxygens (including phenoxy) is 1. The SMILES string of the molecule is CCCNC(=O)C(C#N)Cc1cccc(OC)c1. The lowest BCUT2D eigenvalue weighted by molar-refractivity contribution is -0.123. The molecular weight excluding hydrogens is 228 g/mol. The number of carbonyl (C=O) groups is 1. The van der Waals surface area contributed by atoms with E-state index in [-0.39, 0.29) is 5.91 Å². The summed E-state index contributed by atoms with van der Waals surface area (Å²) in [7, 11) is 1.59. The van der Waals surface area contributed by atoms with Gasteiger partial charge < -0.3 is 10.1 Å². The summed E-state index contributed by atoms with van der Waals surface area (Å²) < 4.78 is 5.11. The Labute approximate surface area is 108 Å². The number of rotatable bonds is 6. The number of carbonyl (C=O) groups excluding carboxylic acids is 1. The van der Waals surface area contributed by atoms with Crippen molar-refractivity contribution >= 4 is 5.91 Å². The zero-order valence-electron chi connectivity index (χ0n) is 10.8. The molecule has 0 heterocycles. The van der Waals surface area contributed by atoms with Crippen LogP contribution in [0.15, 0.2) is 24.3 Å². The van der Waals surface area contributed by atoms with Gasteiger partial charge in [0.15, 0.2) is 0 Å². The third kappa shape index (κ3) is 4.10. The molecule has 0 spiro atoms. The lowest BCUT2D eigenvalue weighted by Crippen LogP contribution is -2.31. The zero-order chi connectivity index (χ0) is 13.4. The van der Waals surface area contributed by atoms with Crippen molar-refractivity contribution in [2.45, 2.75) is 19.8 Å². The Morgan fingerprint density at radius 1 is 1.56 bits per heavy atom. The van der Waals surface area contributed by atoms with E-state index in [1.807, 2.05) is 37.3 Å². The van der Waals surface area contributed by atoms with Crippen molar-refractivity contribution in [1.29, 1.82) is 5.26 Å². The van der Waals surface area contributed by atoms with Crippen molar-refractivity contribution in [2.24, 2.45) is 5.92 Å². The number of methoxy groups -OCH3 is 1. The molecule has 1 amide bonds. The average Bonchev–Trinajstić information content (AvgIpc) is 2.42. The van der Waals surface area contributed by atoms with Gasteiger partial charge in [-0.25, -0.2) is 0 Å². The molecule has 0 saturated carbocycles. The fourth-order valence-electron chi connectivity index (χ4n) is 1.60. The minimum atomic E-state index is -0.649. The van der Waals surface area contributed by atoms with Gasteiger partial charge >= 0.3 is 0 Å². The van der Waals surface area contributed by atoms with Gasteiger partial charge in [0.2, 0.25) is 5.91 Å². The molecule has 0 aliphatic rings. The first-order valence-corrected chi connectivity index (χ1v) is 6.01. The lowest BCUT2D eigenvalue weighted by atomic mass is 9.99. The molecule has 4 nitrogen and oxygen atoms in total. The summed E-state index contributed by atoms with van der Waals surface area (Å²) in [6.45, 7) is 2.58. The van der Waals surface area contributed by atoms with Crippen LogP contribution in [0.3, 0.4) is 0 Å². The van der Waals surface area contributed by atoms with Gasteiger partial charge in [-0.1, -0.05) is 19.1 Å². The summed E-state index contributed by atoms with van der Waals surface area (Å²) in [6.07, 6.45) is 1.27. The van der Waals surface area contributed by atoms with E-state index in [2.05, 4.69) is 5.32 Å². The molecule has 1 unspecified atom stereocenters. The topological polar surface area (TPSA) is 62.1 Å². The Balaban J connectivity index is 2.67. The Morgan fingerprint density at radius 3 is 2.94 bits per heavy atom. The number of amides is 1. The molecule has 18 heavy (non-hydrogen) atoms. The predicted octanol–water partition coefficient (Wildman–Crippen LogP) is 1.90. The maximum absolute atomic E-state index is 11.7. The Morgan fingerprint density at radius 2 is 2.33 bits per heavy atom. The van der Waals surface area contributed by atoms with Crippen molar-refractivity contribution in [3.05, 3.63) is 29.8 Å². The van der Waals surface area contributed by atoms with Crippen LogP contribution in [-0.2, 0) is 11.2 Å². The largest absolute Gasteiger partial charge is 0.497 e. The molecule has 96 valence electrons. The normalized spacial score (nSPS) is 11.4. The van der Waals surface area contributed by atoms with Crippen molar-refractivity contribution in [2.75, 3.05) is 13.7 Å². The quantitative estimate of drug-likeness (QED) is 0.834. The Hall–Kier alpha value is -2.02. The van der Waals surface area contributed by atoms with Gasteiger partial charge in [-0.15, -0.1) is 0 Å². The number of nitriles is 1. The summed E-state index contributed by atoms with van der Waals surface area (Å²) in [5.74, 6) is -0.121. The molecular formula is C14H18N2O2. The Bertz CT molecular complexity index is 438. The number of hydrogen-bond acceptors (Lipinski definition) is 3. The van der Waals surface area contributed by atoms with Crippen LogP contribution < -0.4 is 10.1 Å². The monoisotopic (exact) mass is 246 g/mol. The van der Waals surface area contributed by atoms with Crippen molar-refractivity contribution in [1.82, 2.24) is 5.32 Å². The number of benzene rings is 1. The van der Waals surface area contributed by atoms with E-state index in [1.165, 1.54) is 0 Å². The third-order valence-electron chi connectivity index (χ3n) is 2.60. The number of nitrogens with zero attached hydrogens (tertiary/aromatic N) is 1. The van der Waals surface area contributed by atoms with E-state index < -0.39 is 5.92 Å². The van der Waals surface area contributed by atoms with Gasteiger partial charge in [0.05, 0.1) is 13.2 Å². The third-order valence-corrected chi connectivity index (χ3v) is 2.60. The molecule has 4 heteroatoms. The van der Waals surface area contributed by atoms with Gasteiger partial charge in [0.1, 0.15) is 11.7 Å². The highest BCUT2D eigenvalue weighted by atomic mass is 16.5. The first kappa shape index (κ1) is 14.0. The van der Waals surface area contributed by atoms with Gasteiger partial charge in [-0.05, 0) is 30.5 Å². The summed E-state index contributed by atoms with van der Waals surface area (Å²) in [5.41, 5.74) is 0.924. The van der Waals surface area contributed by atoms with Gasteiger partial charge in [0, 0.05) is 6.54 Å². The molecule has 0 radical (unpaired) electrons. The van der Waals surface area contributed by atoms with Crippen LogP contribution in [0.25, 0.3) is 0 Å². The highest BCUT2D eigenvalue weighted by molar-refractivity contribution is 5.81. The molecule has 0 fully saturated rings.